The first kappa shape index (κ1) is 31.4. The predicted octanol–water partition coefficient (Wildman–Crippen LogP) is 3.45. The molecule has 0 spiro atoms. The van der Waals surface area contributed by atoms with Crippen molar-refractivity contribution < 1.29 is 46.9 Å². The third kappa shape index (κ3) is 6.27. The molecule has 0 bridgehead atoms. The molecule has 2 aromatic rings. The van der Waals surface area contributed by atoms with Gasteiger partial charge in [-0.15, -0.1) is 0 Å². The van der Waals surface area contributed by atoms with Gasteiger partial charge in [-0.25, -0.2) is 18.7 Å². The van der Waals surface area contributed by atoms with Gasteiger partial charge in [0.1, 0.15) is 5.75 Å². The van der Waals surface area contributed by atoms with Crippen molar-refractivity contribution in [2.75, 3.05) is 47.2 Å². The number of ether oxygens (including phenoxy) is 5. The third-order valence-electron chi connectivity index (χ3n) is 7.92. The standard InChI is InChI=1S/C29H38N2O10S/c1-20-24-19-26(38-3)25(37-2)18-21(24)10-13-31(20)28(33)41-15-5-4-14-40-22-6-8-23(9-7-22)42(35,36)29(27(32)30-34)11-16-39-17-12-29/h6-9,18-20,34H,4-5,10-17H2,1-3H3,(H,30,32). The molecule has 12 nitrogen and oxygen atoms in total. The highest BCUT2D eigenvalue weighted by molar-refractivity contribution is 7.93. The summed E-state index contributed by atoms with van der Waals surface area (Å²) in [5, 5.41) is 9.18. The Morgan fingerprint density at radius 3 is 2.33 bits per heavy atom. The lowest BCUT2D eigenvalue weighted by Gasteiger charge is -2.35. The fraction of sp³-hybridized carbons (Fsp3) is 0.517. The molecule has 1 unspecified atom stereocenters. The second-order valence-corrected chi connectivity index (χ2v) is 12.5. The fourth-order valence-electron chi connectivity index (χ4n) is 5.39. The van der Waals surface area contributed by atoms with Crippen molar-refractivity contribution in [3.05, 3.63) is 47.5 Å². The second kappa shape index (κ2) is 13.6. The summed E-state index contributed by atoms with van der Waals surface area (Å²) in [6.45, 7) is 3.27. The zero-order chi connectivity index (χ0) is 30.3. The van der Waals surface area contributed by atoms with Gasteiger partial charge in [-0.2, -0.15) is 0 Å². The number of nitrogens with one attached hydrogen (secondary N) is 1. The van der Waals surface area contributed by atoms with E-state index in [0.29, 0.717) is 49.7 Å². The highest BCUT2D eigenvalue weighted by Crippen LogP contribution is 2.38. The molecule has 1 atom stereocenters. The van der Waals surface area contributed by atoms with Crippen LogP contribution in [0.15, 0.2) is 41.3 Å². The molecule has 2 N–H and O–H groups in total. The Kier molecular flexibility index (Phi) is 10.2. The zero-order valence-corrected chi connectivity index (χ0v) is 24.9. The van der Waals surface area contributed by atoms with E-state index in [0.717, 1.165) is 11.1 Å². The summed E-state index contributed by atoms with van der Waals surface area (Å²) in [6, 6.07) is 9.52. The number of hydroxylamine groups is 1. The first-order chi connectivity index (χ1) is 20.2. The maximum Gasteiger partial charge on any atom is 0.410 e. The molecule has 13 heteroatoms. The molecule has 1 fully saturated rings. The quantitative estimate of drug-likeness (QED) is 0.221. The predicted molar refractivity (Wildman–Crippen MR) is 151 cm³/mol. The van der Waals surface area contributed by atoms with Gasteiger partial charge >= 0.3 is 6.09 Å². The number of nitrogens with zero attached hydrogens (tertiary/aromatic N) is 1. The number of benzene rings is 2. The number of carbonyl (C=O) groups is 2. The minimum absolute atomic E-state index is 0.0422. The molecule has 1 saturated heterocycles. The Bertz CT molecular complexity index is 1360. The number of unbranched alkanes of at least 4 members (excludes halogenated alkanes) is 1. The number of fused-ring (bicyclic) bond motifs is 1. The average molecular weight is 607 g/mol. The van der Waals surface area contributed by atoms with E-state index < -0.39 is 20.5 Å². The Balaban J connectivity index is 1.23. The van der Waals surface area contributed by atoms with Gasteiger partial charge in [0.25, 0.3) is 5.91 Å². The lowest BCUT2D eigenvalue weighted by atomic mass is 9.93. The van der Waals surface area contributed by atoms with E-state index in [9.17, 15) is 23.2 Å². The summed E-state index contributed by atoms with van der Waals surface area (Å²) >= 11 is 0. The Hall–Kier alpha value is -3.55. The first-order valence-corrected chi connectivity index (χ1v) is 15.3. The van der Waals surface area contributed by atoms with Crippen LogP contribution in [-0.2, 0) is 30.5 Å². The highest BCUT2D eigenvalue weighted by atomic mass is 32.2. The van der Waals surface area contributed by atoms with Crippen molar-refractivity contribution in [3.63, 3.8) is 0 Å². The summed E-state index contributed by atoms with van der Waals surface area (Å²) in [4.78, 5) is 26.8. The molecular weight excluding hydrogens is 568 g/mol. The third-order valence-corrected chi connectivity index (χ3v) is 10.4. The average Bonchev–Trinajstić information content (AvgIpc) is 3.02. The molecule has 230 valence electrons. The van der Waals surface area contributed by atoms with E-state index in [1.54, 1.807) is 19.1 Å². The van der Waals surface area contributed by atoms with Gasteiger partial charge in [-0.05, 0) is 86.6 Å². The monoisotopic (exact) mass is 606 g/mol. The number of hydrogen-bond acceptors (Lipinski definition) is 10. The van der Waals surface area contributed by atoms with Crippen LogP contribution in [-0.4, -0.2) is 82.5 Å². The van der Waals surface area contributed by atoms with E-state index in [-0.39, 0.29) is 49.7 Å². The summed E-state index contributed by atoms with van der Waals surface area (Å²) in [7, 11) is -0.923. The minimum atomic E-state index is -4.10. The van der Waals surface area contributed by atoms with Gasteiger partial charge in [0.15, 0.2) is 26.1 Å². The van der Waals surface area contributed by atoms with E-state index in [2.05, 4.69) is 0 Å². The summed E-state index contributed by atoms with van der Waals surface area (Å²) in [6.07, 6.45) is 1.40. The van der Waals surface area contributed by atoms with Crippen LogP contribution in [0.1, 0.15) is 49.8 Å². The van der Waals surface area contributed by atoms with Gasteiger partial charge in [-0.1, -0.05) is 0 Å². The smallest absolute Gasteiger partial charge is 0.410 e. The summed E-state index contributed by atoms with van der Waals surface area (Å²) < 4.78 is 52.2. The van der Waals surface area contributed by atoms with Crippen LogP contribution >= 0.6 is 0 Å². The molecule has 0 radical (unpaired) electrons. The number of rotatable bonds is 11. The van der Waals surface area contributed by atoms with Gasteiger partial charge in [-0.3, -0.25) is 10.0 Å². The Labute approximate surface area is 245 Å². The Morgan fingerprint density at radius 2 is 1.69 bits per heavy atom. The largest absolute Gasteiger partial charge is 0.494 e. The van der Waals surface area contributed by atoms with Crippen molar-refractivity contribution in [2.24, 2.45) is 0 Å². The summed E-state index contributed by atoms with van der Waals surface area (Å²) in [5.74, 6) is 0.781. The molecule has 2 aliphatic rings. The molecule has 0 aliphatic carbocycles. The van der Waals surface area contributed by atoms with E-state index in [4.69, 9.17) is 23.7 Å². The van der Waals surface area contributed by atoms with Gasteiger partial charge in [0.05, 0.1) is 38.4 Å². The van der Waals surface area contributed by atoms with Crippen molar-refractivity contribution in [1.29, 1.82) is 0 Å². The van der Waals surface area contributed by atoms with Gasteiger partial charge < -0.3 is 28.6 Å². The van der Waals surface area contributed by atoms with Crippen LogP contribution in [0.4, 0.5) is 4.79 Å². The molecule has 0 saturated carbocycles. The molecule has 2 aromatic carbocycles. The molecule has 2 amide bonds. The topological polar surface area (TPSA) is 150 Å². The number of sulfone groups is 1. The van der Waals surface area contributed by atoms with Crippen molar-refractivity contribution >= 4 is 21.8 Å². The molecule has 2 heterocycles. The number of amides is 2. The Morgan fingerprint density at radius 1 is 1.05 bits per heavy atom. The van der Waals surface area contributed by atoms with Crippen LogP contribution in [0.25, 0.3) is 0 Å². The van der Waals surface area contributed by atoms with Crippen LogP contribution in [0.2, 0.25) is 0 Å². The molecule has 0 aromatic heterocycles. The van der Waals surface area contributed by atoms with Gasteiger partial charge in [0.2, 0.25) is 0 Å². The van der Waals surface area contributed by atoms with Crippen molar-refractivity contribution in [1.82, 2.24) is 10.4 Å². The first-order valence-electron chi connectivity index (χ1n) is 13.9. The normalized spacial score (nSPS) is 18.0. The molecule has 4 rings (SSSR count). The lowest BCUT2D eigenvalue weighted by Crippen LogP contribution is -2.54. The maximum absolute atomic E-state index is 13.3. The van der Waals surface area contributed by atoms with E-state index >= 15 is 0 Å². The van der Waals surface area contributed by atoms with Crippen molar-refractivity contribution in [2.45, 2.75) is 54.7 Å². The minimum Gasteiger partial charge on any atom is -0.494 e. The number of methoxy groups -OCH3 is 2. The number of carbonyl (C=O) groups excluding carboxylic acids is 2. The second-order valence-electron chi connectivity index (χ2n) is 10.2. The fourth-order valence-corrected chi connectivity index (χ4v) is 7.33. The zero-order valence-electron chi connectivity index (χ0n) is 24.1. The van der Waals surface area contributed by atoms with Crippen LogP contribution in [0.5, 0.6) is 17.2 Å². The van der Waals surface area contributed by atoms with Crippen LogP contribution < -0.4 is 19.7 Å². The number of hydrogen-bond donors (Lipinski definition) is 2. The van der Waals surface area contributed by atoms with Crippen LogP contribution in [0.3, 0.4) is 0 Å². The maximum atomic E-state index is 13.3. The highest BCUT2D eigenvalue weighted by Gasteiger charge is 2.52. The summed E-state index contributed by atoms with van der Waals surface area (Å²) in [5.41, 5.74) is 3.62. The van der Waals surface area contributed by atoms with E-state index in [1.165, 1.54) is 29.7 Å². The van der Waals surface area contributed by atoms with Gasteiger partial charge in [0, 0.05) is 19.8 Å². The van der Waals surface area contributed by atoms with Crippen molar-refractivity contribution in [3.8, 4) is 17.2 Å². The van der Waals surface area contributed by atoms with E-state index in [1.807, 2.05) is 19.1 Å². The lowest BCUT2D eigenvalue weighted by molar-refractivity contribution is -0.134. The van der Waals surface area contributed by atoms with Crippen LogP contribution in [0, 0.1) is 0 Å². The molecule has 42 heavy (non-hydrogen) atoms. The molecule has 2 aliphatic heterocycles. The SMILES string of the molecule is COc1cc2c(cc1OC)C(C)N(C(=O)OCCCCOc1ccc(S(=O)(=O)C3(C(=O)NO)CCOCC3)cc1)CC2. The molecular formula is C29H38N2O10S.